The van der Waals surface area contributed by atoms with Gasteiger partial charge in [0, 0.05) is 25.4 Å². The van der Waals surface area contributed by atoms with E-state index in [0.29, 0.717) is 0 Å². The highest BCUT2D eigenvalue weighted by molar-refractivity contribution is 4.96. The largest absolute Gasteiger partial charge is 0.335 e. The Hall–Kier alpha value is -0.790. The first-order valence-corrected chi connectivity index (χ1v) is 4.40. The minimum absolute atomic E-state index is 0.880. The lowest BCUT2D eigenvalue weighted by molar-refractivity contribution is 0.372. The zero-order valence-electron chi connectivity index (χ0n) is 6.95. The lowest BCUT2D eigenvalue weighted by atomic mass is 9.95. The summed E-state index contributed by atoms with van der Waals surface area (Å²) in [6.07, 6.45) is 7.81. The Morgan fingerprint density at radius 1 is 1.73 bits per heavy atom. The third kappa shape index (κ3) is 1.17. The molecule has 0 aromatic carbocycles. The van der Waals surface area contributed by atoms with Crippen molar-refractivity contribution in [3.8, 4) is 0 Å². The van der Waals surface area contributed by atoms with E-state index in [-0.39, 0.29) is 0 Å². The number of aryl methyl sites for hydroxylation is 1. The molecule has 0 radical (unpaired) electrons. The Labute approximate surface area is 67.3 Å². The summed E-state index contributed by atoms with van der Waals surface area (Å²) in [4.78, 5) is 4.32. The molecule has 0 N–H and O–H groups in total. The topological polar surface area (TPSA) is 17.8 Å². The fraction of sp³-hybridized carbons (Fsp3) is 0.667. The number of hydrogen-bond donors (Lipinski definition) is 0. The highest BCUT2D eigenvalue weighted by Gasteiger charge is 2.16. The molecular weight excluding hydrogens is 136 g/mol. The Kier molecular flexibility index (Phi) is 1.68. The van der Waals surface area contributed by atoms with Crippen LogP contribution >= 0.6 is 0 Å². The molecule has 0 amide bonds. The molecule has 60 valence electrons. The van der Waals surface area contributed by atoms with Gasteiger partial charge in [0.1, 0.15) is 5.82 Å². The molecule has 0 saturated carbocycles. The molecule has 0 bridgehead atoms. The Bertz CT molecular complexity index is 239. The van der Waals surface area contributed by atoms with E-state index in [1.165, 1.54) is 31.6 Å². The number of imidazole rings is 1. The van der Waals surface area contributed by atoms with Gasteiger partial charge in [0.15, 0.2) is 0 Å². The van der Waals surface area contributed by atoms with E-state index in [1.54, 1.807) is 0 Å². The molecule has 0 fully saturated rings. The van der Waals surface area contributed by atoms with Crippen molar-refractivity contribution in [3.05, 3.63) is 18.2 Å². The van der Waals surface area contributed by atoms with Crippen molar-refractivity contribution in [2.24, 2.45) is 5.92 Å². The molecule has 1 aromatic heterocycles. The van der Waals surface area contributed by atoms with Crippen LogP contribution in [0.1, 0.15) is 25.6 Å². The van der Waals surface area contributed by atoms with Crippen molar-refractivity contribution in [3.63, 3.8) is 0 Å². The maximum Gasteiger partial charge on any atom is 0.108 e. The van der Waals surface area contributed by atoms with Crippen LogP contribution in [-0.4, -0.2) is 9.55 Å². The summed E-state index contributed by atoms with van der Waals surface area (Å²) in [7, 11) is 0. The summed E-state index contributed by atoms with van der Waals surface area (Å²) < 4.78 is 2.27. The molecule has 2 nitrogen and oxygen atoms in total. The second-order valence-corrected chi connectivity index (χ2v) is 3.30. The lowest BCUT2D eigenvalue weighted by Crippen LogP contribution is -2.18. The molecule has 11 heavy (non-hydrogen) atoms. The molecular formula is C9H14N2. The van der Waals surface area contributed by atoms with Crippen LogP contribution in [0.4, 0.5) is 0 Å². The molecule has 0 aliphatic carbocycles. The van der Waals surface area contributed by atoms with Crippen molar-refractivity contribution in [1.29, 1.82) is 0 Å². The van der Waals surface area contributed by atoms with Gasteiger partial charge >= 0.3 is 0 Å². The predicted molar refractivity (Wildman–Crippen MR) is 44.3 cm³/mol. The number of nitrogens with zero attached hydrogens (tertiary/aromatic N) is 2. The monoisotopic (exact) mass is 150 g/mol. The van der Waals surface area contributed by atoms with Gasteiger partial charge in [-0.3, -0.25) is 0 Å². The van der Waals surface area contributed by atoms with Gasteiger partial charge in [0.2, 0.25) is 0 Å². The molecule has 2 rings (SSSR count). The van der Waals surface area contributed by atoms with Crippen LogP contribution in [0.25, 0.3) is 0 Å². The molecule has 1 unspecified atom stereocenters. The predicted octanol–water partition coefficient (Wildman–Crippen LogP) is 1.86. The van der Waals surface area contributed by atoms with E-state index in [4.69, 9.17) is 0 Å². The summed E-state index contributed by atoms with van der Waals surface area (Å²) >= 11 is 0. The zero-order valence-corrected chi connectivity index (χ0v) is 6.95. The maximum atomic E-state index is 4.32. The van der Waals surface area contributed by atoms with E-state index in [1.807, 2.05) is 6.20 Å². The highest BCUT2D eigenvalue weighted by Crippen LogP contribution is 2.20. The smallest absolute Gasteiger partial charge is 0.108 e. The highest BCUT2D eigenvalue weighted by atomic mass is 15.1. The fourth-order valence-corrected chi connectivity index (χ4v) is 1.76. The van der Waals surface area contributed by atoms with E-state index in [2.05, 4.69) is 22.7 Å². The van der Waals surface area contributed by atoms with Gasteiger partial charge in [-0.05, 0) is 12.3 Å². The van der Waals surface area contributed by atoms with Gasteiger partial charge in [-0.15, -0.1) is 0 Å². The number of aromatic nitrogens is 2. The lowest BCUT2D eigenvalue weighted by Gasteiger charge is -2.21. The summed E-state index contributed by atoms with van der Waals surface area (Å²) in [5.41, 5.74) is 0. The molecule has 1 atom stereocenters. The number of hydrogen-bond acceptors (Lipinski definition) is 1. The van der Waals surface area contributed by atoms with E-state index in [9.17, 15) is 0 Å². The summed E-state index contributed by atoms with van der Waals surface area (Å²) in [5, 5.41) is 0. The van der Waals surface area contributed by atoms with Gasteiger partial charge in [-0.25, -0.2) is 4.98 Å². The molecule has 0 spiro atoms. The van der Waals surface area contributed by atoms with E-state index >= 15 is 0 Å². The second-order valence-electron chi connectivity index (χ2n) is 3.30. The molecule has 1 aliphatic heterocycles. The summed E-state index contributed by atoms with van der Waals surface area (Å²) in [5.74, 6) is 2.16. The Morgan fingerprint density at radius 2 is 2.64 bits per heavy atom. The van der Waals surface area contributed by atoms with Gasteiger partial charge in [0.25, 0.3) is 0 Å². The van der Waals surface area contributed by atoms with Crippen LogP contribution in [-0.2, 0) is 13.0 Å². The van der Waals surface area contributed by atoms with Gasteiger partial charge in [-0.1, -0.05) is 13.3 Å². The quantitative estimate of drug-likeness (QED) is 0.597. The van der Waals surface area contributed by atoms with Crippen LogP contribution in [0.2, 0.25) is 0 Å². The third-order valence-corrected chi connectivity index (χ3v) is 2.63. The molecule has 1 aromatic rings. The van der Waals surface area contributed by atoms with Crippen LogP contribution in [0.15, 0.2) is 12.4 Å². The van der Waals surface area contributed by atoms with Crippen molar-refractivity contribution >= 4 is 0 Å². The molecule has 2 heterocycles. The van der Waals surface area contributed by atoms with Crippen molar-refractivity contribution in [1.82, 2.24) is 9.55 Å². The second kappa shape index (κ2) is 2.68. The van der Waals surface area contributed by atoms with Gasteiger partial charge in [-0.2, -0.15) is 0 Å². The first kappa shape index (κ1) is 6.89. The average Bonchev–Trinajstić information content (AvgIpc) is 2.50. The zero-order chi connectivity index (χ0) is 7.68. The van der Waals surface area contributed by atoms with Crippen LogP contribution in [0.5, 0.6) is 0 Å². The fourth-order valence-electron chi connectivity index (χ4n) is 1.76. The molecule has 1 aliphatic rings. The normalized spacial score (nSPS) is 23.2. The summed E-state index contributed by atoms with van der Waals surface area (Å²) in [6.45, 7) is 3.44. The maximum absolute atomic E-state index is 4.32. The first-order chi connectivity index (χ1) is 5.40. The minimum atomic E-state index is 0.880. The summed E-state index contributed by atoms with van der Waals surface area (Å²) in [6, 6.07) is 0. The van der Waals surface area contributed by atoms with Gasteiger partial charge < -0.3 is 4.57 Å². The molecule has 2 heteroatoms. The van der Waals surface area contributed by atoms with Gasteiger partial charge in [0.05, 0.1) is 0 Å². The number of rotatable bonds is 1. The molecule has 0 saturated heterocycles. The van der Waals surface area contributed by atoms with Crippen molar-refractivity contribution < 1.29 is 0 Å². The SMILES string of the molecule is CCC1CCn2ccnc2C1. The van der Waals surface area contributed by atoms with Crippen LogP contribution < -0.4 is 0 Å². The first-order valence-electron chi connectivity index (χ1n) is 4.40. The van der Waals surface area contributed by atoms with E-state index < -0.39 is 0 Å². The average molecular weight is 150 g/mol. The Balaban J connectivity index is 2.18. The standard InChI is InChI=1S/C9H14N2/c1-2-8-3-5-11-6-4-10-9(11)7-8/h4,6,8H,2-3,5,7H2,1H3. The van der Waals surface area contributed by atoms with Crippen molar-refractivity contribution in [2.75, 3.05) is 0 Å². The van der Waals surface area contributed by atoms with Crippen LogP contribution in [0, 0.1) is 5.92 Å². The van der Waals surface area contributed by atoms with E-state index in [0.717, 1.165) is 5.92 Å². The Morgan fingerprint density at radius 3 is 3.45 bits per heavy atom. The minimum Gasteiger partial charge on any atom is -0.335 e. The van der Waals surface area contributed by atoms with Crippen LogP contribution in [0.3, 0.4) is 0 Å². The number of fused-ring (bicyclic) bond motifs is 1. The third-order valence-electron chi connectivity index (χ3n) is 2.63. The van der Waals surface area contributed by atoms with Crippen molar-refractivity contribution in [2.45, 2.75) is 32.7 Å².